The Morgan fingerprint density at radius 2 is 0.455 bits per heavy atom. The Balaban J connectivity index is 0.00000193. The Morgan fingerprint density at radius 3 is 0.606 bits per heavy atom. The van der Waals surface area contributed by atoms with Crippen molar-refractivity contribution in [1.82, 2.24) is 0 Å². The SMILES string of the molecule is C.C.CCC1CCC(CC2CCC(CC3CCC(CC4CCC(CC)CC4)CC3)CC2)CC1. The summed E-state index contributed by atoms with van der Waals surface area (Å²) >= 11 is 0. The van der Waals surface area contributed by atoms with Gasteiger partial charge in [-0.25, -0.2) is 0 Å². The fourth-order valence-corrected chi connectivity index (χ4v) is 8.57. The first-order chi connectivity index (χ1) is 15.2. The van der Waals surface area contributed by atoms with E-state index in [4.69, 9.17) is 0 Å². The Morgan fingerprint density at radius 1 is 0.303 bits per heavy atom. The first kappa shape index (κ1) is 29.2. The van der Waals surface area contributed by atoms with Gasteiger partial charge in [-0.15, -0.1) is 0 Å². The molecule has 0 amide bonds. The molecular formula is C33H64. The first-order valence-corrected chi connectivity index (χ1v) is 15.2. The second kappa shape index (κ2) is 15.2. The molecule has 0 aromatic heterocycles. The quantitative estimate of drug-likeness (QED) is 0.338. The van der Waals surface area contributed by atoms with Crippen LogP contribution in [0.5, 0.6) is 0 Å². The minimum Gasteiger partial charge on any atom is -0.0776 e. The molecule has 0 aromatic carbocycles. The molecule has 0 aliphatic heterocycles. The molecular weight excluding hydrogens is 396 g/mol. The van der Waals surface area contributed by atoms with E-state index in [1.165, 1.54) is 12.8 Å². The Labute approximate surface area is 210 Å². The number of rotatable bonds is 8. The zero-order chi connectivity index (χ0) is 21.5. The lowest BCUT2D eigenvalue weighted by atomic mass is 9.69. The summed E-state index contributed by atoms with van der Waals surface area (Å²) in [6.45, 7) is 4.80. The highest BCUT2D eigenvalue weighted by Crippen LogP contribution is 2.44. The molecule has 0 N–H and O–H groups in total. The van der Waals surface area contributed by atoms with E-state index in [-0.39, 0.29) is 14.9 Å². The third-order valence-electron chi connectivity index (χ3n) is 11.0. The predicted octanol–water partition coefficient (Wildman–Crippen LogP) is 11.5. The van der Waals surface area contributed by atoms with E-state index in [1.54, 1.807) is 122 Å². The molecule has 196 valence electrons. The van der Waals surface area contributed by atoms with Gasteiger partial charge in [-0.3, -0.25) is 0 Å². The third kappa shape index (κ3) is 9.18. The molecule has 0 heteroatoms. The third-order valence-corrected chi connectivity index (χ3v) is 11.0. The average Bonchev–Trinajstić information content (AvgIpc) is 2.82. The summed E-state index contributed by atoms with van der Waals surface area (Å²) in [7, 11) is 0. The maximum atomic E-state index is 2.40. The number of hydrogen-bond donors (Lipinski definition) is 0. The van der Waals surface area contributed by atoms with Crippen LogP contribution in [0.25, 0.3) is 0 Å². The maximum Gasteiger partial charge on any atom is -0.0411 e. The summed E-state index contributed by atoms with van der Waals surface area (Å²) in [4.78, 5) is 0. The van der Waals surface area contributed by atoms with Gasteiger partial charge in [-0.05, 0) is 66.6 Å². The van der Waals surface area contributed by atoms with Crippen molar-refractivity contribution in [3.05, 3.63) is 0 Å². The van der Waals surface area contributed by atoms with Gasteiger partial charge >= 0.3 is 0 Å². The van der Waals surface area contributed by atoms with Crippen molar-refractivity contribution in [2.75, 3.05) is 0 Å². The molecule has 0 radical (unpaired) electrons. The first-order valence-electron chi connectivity index (χ1n) is 15.2. The van der Waals surface area contributed by atoms with Crippen LogP contribution in [0.4, 0.5) is 0 Å². The smallest absolute Gasteiger partial charge is 0.0411 e. The van der Waals surface area contributed by atoms with E-state index in [0.717, 1.165) is 47.3 Å². The minimum atomic E-state index is 0. The maximum absolute atomic E-state index is 2.40. The second-order valence-electron chi connectivity index (χ2n) is 13.1. The summed E-state index contributed by atoms with van der Waals surface area (Å²) in [6.07, 6.45) is 32.7. The van der Waals surface area contributed by atoms with Crippen LogP contribution in [0.1, 0.15) is 164 Å². The summed E-state index contributed by atoms with van der Waals surface area (Å²) in [5.41, 5.74) is 0. The van der Waals surface area contributed by atoms with Gasteiger partial charge in [0, 0.05) is 0 Å². The van der Waals surface area contributed by atoms with Crippen LogP contribution < -0.4 is 0 Å². The molecule has 4 rings (SSSR count). The van der Waals surface area contributed by atoms with Gasteiger partial charge in [-0.1, -0.05) is 144 Å². The molecule has 4 aliphatic rings. The topological polar surface area (TPSA) is 0 Å². The average molecular weight is 461 g/mol. The summed E-state index contributed by atoms with van der Waals surface area (Å²) in [6, 6.07) is 0. The zero-order valence-electron chi connectivity index (χ0n) is 21.5. The van der Waals surface area contributed by atoms with Crippen molar-refractivity contribution in [3.63, 3.8) is 0 Å². The molecule has 0 saturated heterocycles. The lowest BCUT2D eigenvalue weighted by molar-refractivity contribution is 0.152. The molecule has 0 heterocycles. The molecule has 0 spiro atoms. The van der Waals surface area contributed by atoms with E-state index in [9.17, 15) is 0 Å². The molecule has 0 bridgehead atoms. The number of hydrogen-bond acceptors (Lipinski definition) is 0. The van der Waals surface area contributed by atoms with Gasteiger partial charge in [0.1, 0.15) is 0 Å². The predicted molar refractivity (Wildman–Crippen MR) is 150 cm³/mol. The van der Waals surface area contributed by atoms with Crippen LogP contribution in [-0.2, 0) is 0 Å². The van der Waals surface area contributed by atoms with Gasteiger partial charge in [0.05, 0.1) is 0 Å². The molecule has 4 aliphatic carbocycles. The molecule has 0 aromatic rings. The van der Waals surface area contributed by atoms with Crippen LogP contribution in [0.15, 0.2) is 0 Å². The highest BCUT2D eigenvalue weighted by molar-refractivity contribution is 4.82. The molecule has 4 saturated carbocycles. The standard InChI is InChI=1S/C31H56.2CH4/c1-3-24-5-9-26(10-6-24)21-28-13-17-30(18-14-28)23-31-19-15-29(16-20-31)22-27-11-7-25(4-2)8-12-27;;/h24-31H,3-23H2,1-2H3;2*1H4. The molecule has 0 atom stereocenters. The normalized spacial score (nSPS) is 39.8. The molecule has 33 heavy (non-hydrogen) atoms. The largest absolute Gasteiger partial charge is 0.0776 e. The second-order valence-corrected chi connectivity index (χ2v) is 13.1. The van der Waals surface area contributed by atoms with Crippen molar-refractivity contribution in [2.24, 2.45) is 47.3 Å². The van der Waals surface area contributed by atoms with Gasteiger partial charge in [0.2, 0.25) is 0 Å². The van der Waals surface area contributed by atoms with Crippen LogP contribution >= 0.6 is 0 Å². The van der Waals surface area contributed by atoms with Crippen LogP contribution in [-0.4, -0.2) is 0 Å². The van der Waals surface area contributed by atoms with Crippen molar-refractivity contribution in [1.29, 1.82) is 0 Å². The lowest BCUT2D eigenvalue weighted by Gasteiger charge is -2.37. The van der Waals surface area contributed by atoms with Gasteiger partial charge < -0.3 is 0 Å². The van der Waals surface area contributed by atoms with Gasteiger partial charge in [-0.2, -0.15) is 0 Å². The lowest BCUT2D eigenvalue weighted by Crippen LogP contribution is -2.24. The highest BCUT2D eigenvalue weighted by Gasteiger charge is 2.30. The summed E-state index contributed by atoms with van der Waals surface area (Å²) in [5, 5.41) is 0. The highest BCUT2D eigenvalue weighted by atomic mass is 14.4. The van der Waals surface area contributed by atoms with E-state index >= 15 is 0 Å². The van der Waals surface area contributed by atoms with Crippen molar-refractivity contribution >= 4 is 0 Å². The monoisotopic (exact) mass is 461 g/mol. The molecule has 0 nitrogen and oxygen atoms in total. The molecule has 4 fully saturated rings. The summed E-state index contributed by atoms with van der Waals surface area (Å²) in [5.74, 6) is 8.71. The fraction of sp³-hybridized carbons (Fsp3) is 1.00. The van der Waals surface area contributed by atoms with Crippen molar-refractivity contribution in [2.45, 2.75) is 164 Å². The Kier molecular flexibility index (Phi) is 13.5. The van der Waals surface area contributed by atoms with Gasteiger partial charge in [0.25, 0.3) is 0 Å². The van der Waals surface area contributed by atoms with E-state index in [2.05, 4.69) is 13.8 Å². The Bertz CT molecular complexity index is 418. The zero-order valence-corrected chi connectivity index (χ0v) is 21.5. The van der Waals surface area contributed by atoms with Gasteiger partial charge in [0.15, 0.2) is 0 Å². The van der Waals surface area contributed by atoms with E-state index < -0.39 is 0 Å². The Hall–Kier alpha value is 0. The van der Waals surface area contributed by atoms with Crippen LogP contribution in [0.3, 0.4) is 0 Å². The van der Waals surface area contributed by atoms with Crippen molar-refractivity contribution in [3.8, 4) is 0 Å². The summed E-state index contributed by atoms with van der Waals surface area (Å²) < 4.78 is 0. The minimum absolute atomic E-state index is 0. The van der Waals surface area contributed by atoms with Crippen LogP contribution in [0, 0.1) is 47.3 Å². The fourth-order valence-electron chi connectivity index (χ4n) is 8.57. The van der Waals surface area contributed by atoms with E-state index in [1.807, 2.05) is 0 Å². The van der Waals surface area contributed by atoms with Crippen LogP contribution in [0.2, 0.25) is 0 Å². The molecule has 0 unspecified atom stereocenters. The van der Waals surface area contributed by atoms with E-state index in [0.29, 0.717) is 0 Å². The van der Waals surface area contributed by atoms with Crippen molar-refractivity contribution < 1.29 is 0 Å².